The molecule has 1 aromatic rings. The minimum atomic E-state index is -0.562. The second-order valence-corrected chi connectivity index (χ2v) is 3.83. The van der Waals surface area contributed by atoms with Crippen LogP contribution in [0.2, 0.25) is 0 Å². The quantitative estimate of drug-likeness (QED) is 0.637. The number of benzene rings is 1. The van der Waals surface area contributed by atoms with E-state index in [1.165, 1.54) is 6.07 Å². The number of hydrogen-bond donors (Lipinski definition) is 3. The molecule has 98 valence electrons. The summed E-state index contributed by atoms with van der Waals surface area (Å²) in [6, 6.07) is 4.89. The Kier molecular flexibility index (Phi) is 4.53. The molecule has 0 saturated heterocycles. The predicted octanol–water partition coefficient (Wildman–Crippen LogP) is -0.0600. The van der Waals surface area contributed by atoms with Crippen LogP contribution in [0.5, 0.6) is 0 Å². The van der Waals surface area contributed by atoms with Gasteiger partial charge in [0.1, 0.15) is 0 Å². The molecule has 0 radical (unpaired) electrons. The Morgan fingerprint density at radius 3 is 2.56 bits per heavy atom. The normalized spacial score (nSPS) is 9.89. The molecule has 0 heterocycles. The Morgan fingerprint density at radius 2 is 2.06 bits per heavy atom. The number of hydrogen-bond acceptors (Lipinski definition) is 4. The van der Waals surface area contributed by atoms with E-state index in [0.29, 0.717) is 23.5 Å². The molecule has 0 fully saturated rings. The molecule has 0 aliphatic carbocycles. The van der Waals surface area contributed by atoms with Gasteiger partial charge in [0.05, 0.1) is 17.8 Å². The van der Waals surface area contributed by atoms with Crippen LogP contribution in [0.1, 0.15) is 17.3 Å². The van der Waals surface area contributed by atoms with Gasteiger partial charge in [-0.25, -0.2) is 0 Å². The van der Waals surface area contributed by atoms with Gasteiger partial charge in [-0.05, 0) is 25.1 Å². The number of primary amides is 1. The zero-order valence-corrected chi connectivity index (χ0v) is 10.6. The van der Waals surface area contributed by atoms with Crippen molar-refractivity contribution in [3.8, 4) is 0 Å². The summed E-state index contributed by atoms with van der Waals surface area (Å²) in [6.45, 7) is 2.64. The SMILES string of the molecule is CCN(CC(=O)NC)c1ccc(N)cc1C(N)=O. The third kappa shape index (κ3) is 3.13. The monoisotopic (exact) mass is 250 g/mol. The van der Waals surface area contributed by atoms with Gasteiger partial charge in [-0.1, -0.05) is 0 Å². The fourth-order valence-corrected chi connectivity index (χ4v) is 1.65. The lowest BCUT2D eigenvalue weighted by Crippen LogP contribution is -2.36. The summed E-state index contributed by atoms with van der Waals surface area (Å²) >= 11 is 0. The van der Waals surface area contributed by atoms with E-state index in [1.807, 2.05) is 6.92 Å². The number of carbonyl (C=O) groups is 2. The van der Waals surface area contributed by atoms with Gasteiger partial charge in [0.25, 0.3) is 5.91 Å². The first kappa shape index (κ1) is 13.8. The Hall–Kier alpha value is -2.24. The van der Waals surface area contributed by atoms with Crippen molar-refractivity contribution in [2.75, 3.05) is 30.8 Å². The lowest BCUT2D eigenvalue weighted by atomic mass is 10.1. The van der Waals surface area contributed by atoms with Crippen molar-refractivity contribution in [1.29, 1.82) is 0 Å². The molecule has 0 unspecified atom stereocenters. The van der Waals surface area contributed by atoms with Gasteiger partial charge in [-0.2, -0.15) is 0 Å². The fourth-order valence-electron chi connectivity index (χ4n) is 1.65. The standard InChI is InChI=1S/C12H18N4O2/c1-3-16(7-11(17)15-2)10-5-4-8(13)6-9(10)12(14)18/h4-6H,3,7,13H2,1-2H3,(H2,14,18)(H,15,17). The molecule has 6 nitrogen and oxygen atoms in total. The van der Waals surface area contributed by atoms with Crippen LogP contribution >= 0.6 is 0 Å². The second-order valence-electron chi connectivity index (χ2n) is 3.83. The first-order valence-electron chi connectivity index (χ1n) is 5.64. The van der Waals surface area contributed by atoms with Crippen molar-refractivity contribution in [2.45, 2.75) is 6.92 Å². The van der Waals surface area contributed by atoms with Crippen LogP contribution in [0.15, 0.2) is 18.2 Å². The molecule has 0 aromatic heterocycles. The van der Waals surface area contributed by atoms with Gasteiger partial charge < -0.3 is 21.7 Å². The lowest BCUT2D eigenvalue weighted by molar-refractivity contribution is -0.119. The molecule has 6 heteroatoms. The number of nitrogens with one attached hydrogen (secondary N) is 1. The molecular formula is C12H18N4O2. The highest BCUT2D eigenvalue weighted by Gasteiger charge is 2.16. The smallest absolute Gasteiger partial charge is 0.250 e. The fraction of sp³-hybridized carbons (Fsp3) is 0.333. The van der Waals surface area contributed by atoms with E-state index in [9.17, 15) is 9.59 Å². The summed E-state index contributed by atoms with van der Waals surface area (Å²) in [5, 5.41) is 2.54. The summed E-state index contributed by atoms with van der Waals surface area (Å²) in [5.41, 5.74) is 12.3. The summed E-state index contributed by atoms with van der Waals surface area (Å²) in [5.74, 6) is -0.697. The van der Waals surface area contributed by atoms with Crippen molar-refractivity contribution >= 4 is 23.2 Å². The number of rotatable bonds is 5. The van der Waals surface area contributed by atoms with Crippen molar-refractivity contribution in [3.63, 3.8) is 0 Å². The lowest BCUT2D eigenvalue weighted by Gasteiger charge is -2.24. The number of anilines is 2. The topological polar surface area (TPSA) is 101 Å². The van der Waals surface area contributed by atoms with Crippen LogP contribution in [-0.2, 0) is 4.79 Å². The van der Waals surface area contributed by atoms with Gasteiger partial charge in [0.15, 0.2) is 0 Å². The van der Waals surface area contributed by atoms with Crippen LogP contribution in [-0.4, -0.2) is 32.0 Å². The third-order valence-corrected chi connectivity index (χ3v) is 2.62. The summed E-state index contributed by atoms with van der Waals surface area (Å²) in [7, 11) is 1.56. The summed E-state index contributed by atoms with van der Waals surface area (Å²) in [4.78, 5) is 24.6. The minimum Gasteiger partial charge on any atom is -0.399 e. The molecule has 0 aliphatic rings. The maximum atomic E-state index is 11.4. The van der Waals surface area contributed by atoms with Crippen LogP contribution in [0, 0.1) is 0 Å². The van der Waals surface area contributed by atoms with Gasteiger partial charge in [0, 0.05) is 19.3 Å². The molecule has 0 aliphatic heterocycles. The van der Waals surface area contributed by atoms with Crippen molar-refractivity contribution in [2.24, 2.45) is 5.73 Å². The van der Waals surface area contributed by atoms with Crippen LogP contribution in [0.25, 0.3) is 0 Å². The Labute approximate surface area is 106 Å². The highest BCUT2D eigenvalue weighted by molar-refractivity contribution is 6.00. The zero-order valence-electron chi connectivity index (χ0n) is 10.6. The molecule has 0 spiro atoms. The molecule has 18 heavy (non-hydrogen) atoms. The molecule has 5 N–H and O–H groups in total. The summed E-state index contributed by atoms with van der Waals surface area (Å²) < 4.78 is 0. The van der Waals surface area contributed by atoms with Crippen molar-refractivity contribution < 1.29 is 9.59 Å². The van der Waals surface area contributed by atoms with Crippen LogP contribution in [0.4, 0.5) is 11.4 Å². The largest absolute Gasteiger partial charge is 0.399 e. The average molecular weight is 250 g/mol. The van der Waals surface area contributed by atoms with Gasteiger partial charge >= 0.3 is 0 Å². The zero-order chi connectivity index (χ0) is 13.7. The third-order valence-electron chi connectivity index (χ3n) is 2.62. The Balaban J connectivity index is 3.12. The van der Waals surface area contributed by atoms with Gasteiger partial charge in [0.2, 0.25) is 5.91 Å². The first-order chi connectivity index (χ1) is 8.49. The first-order valence-corrected chi connectivity index (χ1v) is 5.64. The second kappa shape index (κ2) is 5.90. The number of amides is 2. The maximum absolute atomic E-state index is 11.4. The molecule has 0 saturated carbocycles. The van der Waals surface area contributed by atoms with E-state index in [1.54, 1.807) is 24.1 Å². The van der Waals surface area contributed by atoms with E-state index in [4.69, 9.17) is 11.5 Å². The Morgan fingerprint density at radius 1 is 1.39 bits per heavy atom. The van der Waals surface area contributed by atoms with E-state index in [0.717, 1.165) is 0 Å². The molecule has 0 bridgehead atoms. The highest BCUT2D eigenvalue weighted by atomic mass is 16.2. The van der Waals surface area contributed by atoms with Gasteiger partial charge in [-0.3, -0.25) is 9.59 Å². The maximum Gasteiger partial charge on any atom is 0.250 e. The average Bonchev–Trinajstić information content (AvgIpc) is 2.35. The molecule has 2 amide bonds. The van der Waals surface area contributed by atoms with Crippen LogP contribution < -0.4 is 21.7 Å². The number of carbonyl (C=O) groups excluding carboxylic acids is 2. The summed E-state index contributed by atoms with van der Waals surface area (Å²) in [6.07, 6.45) is 0. The number of nitrogens with two attached hydrogens (primary N) is 2. The molecular weight excluding hydrogens is 232 g/mol. The minimum absolute atomic E-state index is 0.135. The van der Waals surface area contributed by atoms with E-state index in [2.05, 4.69) is 5.32 Å². The Bertz CT molecular complexity index is 459. The predicted molar refractivity (Wildman–Crippen MR) is 71.3 cm³/mol. The highest BCUT2D eigenvalue weighted by Crippen LogP contribution is 2.22. The number of nitrogens with zero attached hydrogens (tertiary/aromatic N) is 1. The van der Waals surface area contributed by atoms with E-state index < -0.39 is 5.91 Å². The van der Waals surface area contributed by atoms with E-state index >= 15 is 0 Å². The molecule has 1 rings (SSSR count). The van der Waals surface area contributed by atoms with Crippen molar-refractivity contribution in [1.82, 2.24) is 5.32 Å². The van der Waals surface area contributed by atoms with Crippen LogP contribution in [0.3, 0.4) is 0 Å². The van der Waals surface area contributed by atoms with Crippen molar-refractivity contribution in [3.05, 3.63) is 23.8 Å². The number of likely N-dealkylation sites (N-methyl/N-ethyl adjacent to an activating group) is 2. The molecule has 1 aromatic carbocycles. The molecule has 0 atom stereocenters. The number of nitrogen functional groups attached to an aromatic ring is 1. The van der Waals surface area contributed by atoms with Gasteiger partial charge in [-0.15, -0.1) is 0 Å². The van der Waals surface area contributed by atoms with E-state index in [-0.39, 0.29) is 12.5 Å².